The standard InChI is InChI=1S/C25H19ClIN3O6/c1-2-35-22-12-16(10-20(27)23(22)36-14-15-5-3-8-19(9-15)30(33)34)11-21-24(31)29(25(32)28-21)18-7-4-6-17(26)13-18/h3-13H,2,14H2,1H3,(H,28,32)/b21-11+. The fourth-order valence-corrected chi connectivity index (χ4v) is 4.51. The van der Waals surface area contributed by atoms with Gasteiger partial charge < -0.3 is 14.8 Å². The average molecular weight is 620 g/mol. The van der Waals surface area contributed by atoms with Crippen molar-refractivity contribution in [3.05, 3.63) is 96.2 Å². The fourth-order valence-electron chi connectivity index (χ4n) is 3.54. The number of hydrogen-bond acceptors (Lipinski definition) is 6. The predicted octanol–water partition coefficient (Wildman–Crippen LogP) is 5.93. The van der Waals surface area contributed by atoms with E-state index in [1.54, 1.807) is 48.5 Å². The molecule has 36 heavy (non-hydrogen) atoms. The number of anilines is 1. The lowest BCUT2D eigenvalue weighted by Crippen LogP contribution is -2.30. The van der Waals surface area contributed by atoms with Crippen LogP contribution in [-0.2, 0) is 11.4 Å². The zero-order chi connectivity index (χ0) is 25.8. The monoisotopic (exact) mass is 619 g/mol. The summed E-state index contributed by atoms with van der Waals surface area (Å²) >= 11 is 8.09. The van der Waals surface area contributed by atoms with E-state index >= 15 is 0 Å². The number of nitrogens with zero attached hydrogens (tertiary/aromatic N) is 2. The van der Waals surface area contributed by atoms with Crippen molar-refractivity contribution in [2.75, 3.05) is 11.5 Å². The van der Waals surface area contributed by atoms with Crippen molar-refractivity contribution in [1.82, 2.24) is 5.32 Å². The second kappa shape index (κ2) is 11.0. The zero-order valence-corrected chi connectivity index (χ0v) is 21.8. The third-order valence-corrected chi connectivity index (χ3v) is 6.13. The molecule has 1 N–H and O–H groups in total. The zero-order valence-electron chi connectivity index (χ0n) is 18.9. The number of rotatable bonds is 8. The molecule has 0 atom stereocenters. The highest BCUT2D eigenvalue weighted by atomic mass is 127. The Bertz CT molecular complexity index is 1390. The lowest BCUT2D eigenvalue weighted by molar-refractivity contribution is -0.384. The van der Waals surface area contributed by atoms with E-state index in [4.69, 9.17) is 21.1 Å². The molecule has 1 aliphatic rings. The van der Waals surface area contributed by atoms with E-state index in [9.17, 15) is 19.7 Å². The number of nitro groups is 1. The number of carbonyl (C=O) groups is 2. The normalized spacial score (nSPS) is 14.2. The molecule has 0 unspecified atom stereocenters. The number of hydrogen-bond donors (Lipinski definition) is 1. The van der Waals surface area contributed by atoms with Crippen LogP contribution in [0.25, 0.3) is 6.08 Å². The molecule has 0 saturated carbocycles. The lowest BCUT2D eigenvalue weighted by atomic mass is 10.1. The van der Waals surface area contributed by atoms with Crippen molar-refractivity contribution in [3.63, 3.8) is 0 Å². The van der Waals surface area contributed by atoms with Gasteiger partial charge >= 0.3 is 6.03 Å². The first-order valence-electron chi connectivity index (χ1n) is 10.7. The maximum Gasteiger partial charge on any atom is 0.333 e. The molecular weight excluding hydrogens is 601 g/mol. The minimum atomic E-state index is -0.579. The van der Waals surface area contributed by atoms with Gasteiger partial charge in [-0.05, 0) is 77.0 Å². The highest BCUT2D eigenvalue weighted by Crippen LogP contribution is 2.36. The summed E-state index contributed by atoms with van der Waals surface area (Å²) < 4.78 is 12.4. The van der Waals surface area contributed by atoms with Gasteiger partial charge in [0.25, 0.3) is 11.6 Å². The van der Waals surface area contributed by atoms with E-state index in [0.29, 0.717) is 43.5 Å². The van der Waals surface area contributed by atoms with Crippen LogP contribution in [0.15, 0.2) is 66.4 Å². The number of benzene rings is 3. The summed E-state index contributed by atoms with van der Waals surface area (Å²) in [6.07, 6.45) is 1.56. The molecule has 0 aliphatic carbocycles. The van der Waals surface area contributed by atoms with E-state index in [1.807, 2.05) is 6.92 Å². The Morgan fingerprint density at radius 2 is 1.89 bits per heavy atom. The first-order chi connectivity index (χ1) is 17.3. The molecule has 184 valence electrons. The van der Waals surface area contributed by atoms with Crippen molar-refractivity contribution in [1.29, 1.82) is 0 Å². The Kier molecular flexibility index (Phi) is 7.75. The Hall–Kier alpha value is -3.64. The number of nitro benzene ring substituents is 1. The largest absolute Gasteiger partial charge is 0.490 e. The molecule has 1 aliphatic heterocycles. The van der Waals surface area contributed by atoms with Gasteiger partial charge in [-0.25, -0.2) is 9.69 Å². The summed E-state index contributed by atoms with van der Waals surface area (Å²) in [4.78, 5) is 37.0. The predicted molar refractivity (Wildman–Crippen MR) is 143 cm³/mol. The Morgan fingerprint density at radius 1 is 1.11 bits per heavy atom. The van der Waals surface area contributed by atoms with Crippen LogP contribution < -0.4 is 19.7 Å². The van der Waals surface area contributed by atoms with Crippen LogP contribution in [0.2, 0.25) is 5.02 Å². The minimum Gasteiger partial charge on any atom is -0.490 e. The summed E-state index contributed by atoms with van der Waals surface area (Å²) in [7, 11) is 0. The molecule has 0 spiro atoms. The summed E-state index contributed by atoms with van der Waals surface area (Å²) in [5.41, 5.74) is 1.69. The van der Waals surface area contributed by atoms with Gasteiger partial charge in [0.05, 0.1) is 20.8 Å². The molecule has 3 amide bonds. The Labute approximate surface area is 224 Å². The Balaban J connectivity index is 1.59. The van der Waals surface area contributed by atoms with Gasteiger partial charge in [-0.2, -0.15) is 0 Å². The fraction of sp³-hybridized carbons (Fsp3) is 0.120. The van der Waals surface area contributed by atoms with E-state index in [-0.39, 0.29) is 18.0 Å². The van der Waals surface area contributed by atoms with Gasteiger partial charge in [-0.15, -0.1) is 0 Å². The van der Waals surface area contributed by atoms with Gasteiger partial charge in [0.15, 0.2) is 11.5 Å². The number of non-ortho nitro benzene ring substituents is 1. The van der Waals surface area contributed by atoms with Gasteiger partial charge in [0, 0.05) is 17.2 Å². The minimum absolute atomic E-state index is 0.0205. The number of nitrogens with one attached hydrogen (secondary N) is 1. The molecule has 1 heterocycles. The smallest absolute Gasteiger partial charge is 0.333 e. The average Bonchev–Trinajstić information content (AvgIpc) is 3.11. The van der Waals surface area contributed by atoms with Crippen LogP contribution in [0.1, 0.15) is 18.1 Å². The van der Waals surface area contributed by atoms with E-state index in [0.717, 1.165) is 4.90 Å². The SMILES string of the molecule is CCOc1cc(/C=C2/NC(=O)N(c3cccc(Cl)c3)C2=O)cc(I)c1OCc1cccc([N+](=O)[O-])c1. The first-order valence-corrected chi connectivity index (χ1v) is 12.2. The van der Waals surface area contributed by atoms with Gasteiger partial charge in [-0.3, -0.25) is 14.9 Å². The summed E-state index contributed by atoms with van der Waals surface area (Å²) in [6.45, 7) is 2.29. The summed E-state index contributed by atoms with van der Waals surface area (Å²) in [5.74, 6) is 0.389. The quantitative estimate of drug-likeness (QED) is 0.110. The number of imide groups is 1. The molecular formula is C25H19ClIN3O6. The second-order valence-corrected chi connectivity index (χ2v) is 9.19. The van der Waals surface area contributed by atoms with Gasteiger partial charge in [-0.1, -0.05) is 29.8 Å². The lowest BCUT2D eigenvalue weighted by Gasteiger charge is -2.15. The number of urea groups is 1. The maximum atomic E-state index is 13.0. The van der Waals surface area contributed by atoms with E-state index in [2.05, 4.69) is 27.9 Å². The van der Waals surface area contributed by atoms with Crippen LogP contribution in [0.5, 0.6) is 11.5 Å². The number of halogens is 2. The van der Waals surface area contributed by atoms with Crippen LogP contribution in [-0.4, -0.2) is 23.5 Å². The topological polar surface area (TPSA) is 111 Å². The molecule has 1 fully saturated rings. The number of amides is 3. The maximum absolute atomic E-state index is 13.0. The molecule has 0 radical (unpaired) electrons. The van der Waals surface area contributed by atoms with Crippen molar-refractivity contribution < 1.29 is 24.0 Å². The van der Waals surface area contributed by atoms with Crippen molar-refractivity contribution >= 4 is 63.6 Å². The van der Waals surface area contributed by atoms with E-state index < -0.39 is 16.9 Å². The van der Waals surface area contributed by atoms with Gasteiger partial charge in [0.2, 0.25) is 0 Å². The van der Waals surface area contributed by atoms with Crippen molar-refractivity contribution in [2.24, 2.45) is 0 Å². The van der Waals surface area contributed by atoms with Gasteiger partial charge in [0.1, 0.15) is 12.3 Å². The second-order valence-electron chi connectivity index (χ2n) is 7.59. The first kappa shape index (κ1) is 25.5. The van der Waals surface area contributed by atoms with Crippen molar-refractivity contribution in [2.45, 2.75) is 13.5 Å². The Morgan fingerprint density at radius 3 is 2.61 bits per heavy atom. The molecule has 0 aromatic heterocycles. The van der Waals surface area contributed by atoms with Crippen LogP contribution >= 0.6 is 34.2 Å². The molecule has 3 aromatic rings. The van der Waals surface area contributed by atoms with Crippen molar-refractivity contribution in [3.8, 4) is 11.5 Å². The third kappa shape index (κ3) is 5.60. The highest BCUT2D eigenvalue weighted by molar-refractivity contribution is 14.1. The summed E-state index contributed by atoms with van der Waals surface area (Å²) in [5, 5.41) is 14.0. The molecule has 0 bridgehead atoms. The van der Waals surface area contributed by atoms with Crippen LogP contribution in [0.3, 0.4) is 0 Å². The molecule has 11 heteroatoms. The van der Waals surface area contributed by atoms with Crippen LogP contribution in [0.4, 0.5) is 16.2 Å². The third-order valence-electron chi connectivity index (χ3n) is 5.09. The molecule has 1 saturated heterocycles. The highest BCUT2D eigenvalue weighted by Gasteiger charge is 2.35. The summed E-state index contributed by atoms with van der Waals surface area (Å²) in [6, 6.07) is 15.6. The molecule has 9 nitrogen and oxygen atoms in total. The van der Waals surface area contributed by atoms with Crippen LogP contribution in [0, 0.1) is 13.7 Å². The molecule has 3 aromatic carbocycles. The number of carbonyl (C=O) groups excluding carboxylic acids is 2. The molecule has 4 rings (SSSR count). The van der Waals surface area contributed by atoms with E-state index in [1.165, 1.54) is 18.2 Å². The number of ether oxygens (including phenoxy) is 2.